The number of hydrogen-bond donors (Lipinski definition) is 1. The largest absolute Gasteiger partial charge is 0.399 e. The lowest BCUT2D eigenvalue weighted by molar-refractivity contribution is 0.614. The molecule has 0 radical (unpaired) electrons. The topological polar surface area (TPSA) is 43.8 Å². The van der Waals surface area contributed by atoms with Gasteiger partial charge in [0.15, 0.2) is 5.82 Å². The fourth-order valence-electron chi connectivity index (χ4n) is 2.42. The first-order chi connectivity index (χ1) is 9.99. The average Bonchev–Trinajstić information content (AvgIpc) is 2.80. The molecular weight excluding hydrogens is 289 g/mol. The van der Waals surface area contributed by atoms with Crippen LogP contribution in [0.3, 0.4) is 0 Å². The van der Waals surface area contributed by atoms with Crippen LogP contribution in [0.25, 0.3) is 16.7 Å². The van der Waals surface area contributed by atoms with Crippen LogP contribution in [-0.4, -0.2) is 9.55 Å². The van der Waals surface area contributed by atoms with Crippen LogP contribution in [0.15, 0.2) is 36.4 Å². The second-order valence-electron chi connectivity index (χ2n) is 5.28. The molecule has 0 bridgehead atoms. The van der Waals surface area contributed by atoms with E-state index >= 15 is 0 Å². The van der Waals surface area contributed by atoms with Gasteiger partial charge in [-0.15, -0.1) is 0 Å². The highest BCUT2D eigenvalue weighted by Gasteiger charge is 2.18. The highest BCUT2D eigenvalue weighted by Crippen LogP contribution is 2.30. The Kier molecular flexibility index (Phi) is 3.33. The molecule has 108 valence electrons. The van der Waals surface area contributed by atoms with Gasteiger partial charge in [0.2, 0.25) is 0 Å². The fraction of sp³-hybridized carbons (Fsp3) is 0.188. The molecule has 0 aliphatic rings. The van der Waals surface area contributed by atoms with Crippen molar-refractivity contribution in [3.8, 4) is 5.69 Å². The summed E-state index contributed by atoms with van der Waals surface area (Å²) in [5.74, 6) is 0.464. The maximum absolute atomic E-state index is 14.4. The lowest BCUT2D eigenvalue weighted by Gasteiger charge is -2.13. The van der Waals surface area contributed by atoms with Crippen LogP contribution in [0, 0.1) is 5.82 Å². The van der Waals surface area contributed by atoms with E-state index in [-0.39, 0.29) is 10.9 Å². The van der Waals surface area contributed by atoms with Crippen molar-refractivity contribution in [1.29, 1.82) is 0 Å². The quantitative estimate of drug-likeness (QED) is 0.707. The number of nitrogen functional groups attached to an aromatic ring is 1. The van der Waals surface area contributed by atoms with Gasteiger partial charge in [0, 0.05) is 11.6 Å². The fourth-order valence-corrected chi connectivity index (χ4v) is 2.59. The van der Waals surface area contributed by atoms with Gasteiger partial charge in [-0.1, -0.05) is 31.5 Å². The molecule has 0 atom stereocenters. The number of halogens is 2. The minimum atomic E-state index is -0.447. The van der Waals surface area contributed by atoms with Gasteiger partial charge in [0.05, 0.1) is 21.7 Å². The highest BCUT2D eigenvalue weighted by molar-refractivity contribution is 6.30. The second kappa shape index (κ2) is 5.04. The molecule has 0 saturated heterocycles. The van der Waals surface area contributed by atoms with Crippen LogP contribution in [0.2, 0.25) is 5.02 Å². The average molecular weight is 304 g/mol. The van der Waals surface area contributed by atoms with Crippen LogP contribution in [0.4, 0.5) is 10.1 Å². The van der Waals surface area contributed by atoms with Gasteiger partial charge in [-0.2, -0.15) is 0 Å². The third kappa shape index (κ3) is 2.25. The lowest BCUT2D eigenvalue weighted by atomic mass is 10.2. The number of benzene rings is 2. The van der Waals surface area contributed by atoms with E-state index in [9.17, 15) is 4.39 Å². The predicted octanol–water partition coefficient (Wildman–Crippen LogP) is 4.52. The molecule has 5 heteroatoms. The van der Waals surface area contributed by atoms with E-state index in [2.05, 4.69) is 4.98 Å². The summed E-state index contributed by atoms with van der Waals surface area (Å²) in [7, 11) is 0. The third-order valence-electron chi connectivity index (χ3n) is 3.39. The Morgan fingerprint density at radius 3 is 2.71 bits per heavy atom. The first-order valence-corrected chi connectivity index (χ1v) is 7.09. The second-order valence-corrected chi connectivity index (χ2v) is 5.69. The molecule has 1 aromatic heterocycles. The zero-order valence-corrected chi connectivity index (χ0v) is 12.5. The Hall–Kier alpha value is -2.07. The van der Waals surface area contributed by atoms with Crippen molar-refractivity contribution in [2.75, 3.05) is 5.73 Å². The molecule has 0 aliphatic carbocycles. The van der Waals surface area contributed by atoms with Crippen LogP contribution >= 0.6 is 11.6 Å². The summed E-state index contributed by atoms with van der Waals surface area (Å²) < 4.78 is 16.2. The normalized spacial score (nSPS) is 11.5. The van der Waals surface area contributed by atoms with Crippen LogP contribution in [0.1, 0.15) is 25.6 Å². The standard InChI is InChI=1S/C16H15ClFN3/c1-9(2)16-20-12-8-10(19)6-7-13(12)21(16)14-5-3-4-11(17)15(14)18/h3-9H,19H2,1-2H3. The van der Waals surface area contributed by atoms with E-state index in [1.807, 2.05) is 19.9 Å². The zero-order chi connectivity index (χ0) is 15.1. The van der Waals surface area contributed by atoms with E-state index in [1.54, 1.807) is 28.8 Å². The van der Waals surface area contributed by atoms with E-state index in [4.69, 9.17) is 17.3 Å². The minimum absolute atomic E-state index is 0.0968. The molecule has 0 unspecified atom stereocenters. The lowest BCUT2D eigenvalue weighted by Crippen LogP contribution is -2.05. The molecule has 0 spiro atoms. The van der Waals surface area contributed by atoms with Crippen molar-refractivity contribution in [1.82, 2.24) is 9.55 Å². The van der Waals surface area contributed by atoms with Crippen molar-refractivity contribution in [2.45, 2.75) is 19.8 Å². The van der Waals surface area contributed by atoms with Gasteiger partial charge < -0.3 is 5.73 Å². The number of fused-ring (bicyclic) bond motifs is 1. The summed E-state index contributed by atoms with van der Waals surface area (Å²) in [5, 5.41) is 0.0968. The minimum Gasteiger partial charge on any atom is -0.399 e. The number of nitrogens with zero attached hydrogens (tertiary/aromatic N) is 2. The van der Waals surface area contributed by atoms with E-state index in [0.29, 0.717) is 11.4 Å². The molecule has 0 saturated carbocycles. The monoisotopic (exact) mass is 303 g/mol. The first-order valence-electron chi connectivity index (χ1n) is 6.71. The summed E-state index contributed by atoms with van der Waals surface area (Å²) in [5.41, 5.74) is 8.40. The summed E-state index contributed by atoms with van der Waals surface area (Å²) >= 11 is 5.91. The maximum atomic E-state index is 14.4. The molecule has 0 aliphatic heterocycles. The van der Waals surface area contributed by atoms with Crippen LogP contribution < -0.4 is 5.73 Å². The van der Waals surface area contributed by atoms with E-state index < -0.39 is 5.82 Å². The van der Waals surface area contributed by atoms with E-state index in [0.717, 1.165) is 16.9 Å². The molecular formula is C16H15ClFN3. The van der Waals surface area contributed by atoms with Gasteiger partial charge in [0.25, 0.3) is 0 Å². The van der Waals surface area contributed by atoms with Crippen molar-refractivity contribution < 1.29 is 4.39 Å². The highest BCUT2D eigenvalue weighted by atomic mass is 35.5. The number of rotatable bonds is 2. The zero-order valence-electron chi connectivity index (χ0n) is 11.8. The summed E-state index contributed by atoms with van der Waals surface area (Å²) in [6.07, 6.45) is 0. The van der Waals surface area contributed by atoms with Crippen molar-refractivity contribution >= 4 is 28.3 Å². The molecule has 2 aromatic carbocycles. The summed E-state index contributed by atoms with van der Waals surface area (Å²) in [6, 6.07) is 10.4. The Balaban J connectivity index is 2.39. The smallest absolute Gasteiger partial charge is 0.165 e. The van der Waals surface area contributed by atoms with Gasteiger partial charge in [-0.05, 0) is 30.3 Å². The number of hydrogen-bond acceptors (Lipinski definition) is 2. The molecule has 3 nitrogen and oxygen atoms in total. The molecule has 2 N–H and O–H groups in total. The van der Waals surface area contributed by atoms with Crippen molar-refractivity contribution in [2.24, 2.45) is 0 Å². The van der Waals surface area contributed by atoms with Gasteiger partial charge in [0.1, 0.15) is 5.82 Å². The van der Waals surface area contributed by atoms with Gasteiger partial charge in [-0.25, -0.2) is 9.37 Å². The van der Waals surface area contributed by atoms with Crippen LogP contribution in [0.5, 0.6) is 0 Å². The number of nitrogens with two attached hydrogens (primary N) is 1. The van der Waals surface area contributed by atoms with Crippen LogP contribution in [-0.2, 0) is 0 Å². The van der Waals surface area contributed by atoms with E-state index in [1.165, 1.54) is 6.07 Å². The SMILES string of the molecule is CC(C)c1nc2cc(N)ccc2n1-c1cccc(Cl)c1F. The number of anilines is 1. The molecule has 3 aromatic rings. The van der Waals surface area contributed by atoms with Gasteiger partial charge >= 0.3 is 0 Å². The van der Waals surface area contributed by atoms with Crippen molar-refractivity contribution in [3.63, 3.8) is 0 Å². The van der Waals surface area contributed by atoms with Gasteiger partial charge in [-0.3, -0.25) is 4.57 Å². The number of aromatic nitrogens is 2. The number of imidazole rings is 1. The first kappa shape index (κ1) is 13.9. The molecule has 0 fully saturated rings. The summed E-state index contributed by atoms with van der Waals surface area (Å²) in [4.78, 5) is 4.59. The molecule has 1 heterocycles. The van der Waals surface area contributed by atoms with Crippen molar-refractivity contribution in [3.05, 3.63) is 53.1 Å². The molecule has 3 rings (SSSR count). The Labute approximate surface area is 127 Å². The Bertz CT molecular complexity index is 824. The Morgan fingerprint density at radius 2 is 2.00 bits per heavy atom. The predicted molar refractivity (Wildman–Crippen MR) is 84.5 cm³/mol. The summed E-state index contributed by atoms with van der Waals surface area (Å²) in [6.45, 7) is 4.03. The maximum Gasteiger partial charge on any atom is 0.165 e. The third-order valence-corrected chi connectivity index (χ3v) is 3.68. The molecule has 21 heavy (non-hydrogen) atoms. The molecule has 0 amide bonds. The Morgan fingerprint density at radius 1 is 1.24 bits per heavy atom.